The van der Waals surface area contributed by atoms with Gasteiger partial charge in [-0.15, -0.1) is 0 Å². The largest absolute Gasteiger partial charge is 0.427 e. The highest BCUT2D eigenvalue weighted by atomic mass is 35.5. The van der Waals surface area contributed by atoms with Crippen molar-refractivity contribution in [3.8, 4) is 5.75 Å². The predicted octanol–water partition coefficient (Wildman–Crippen LogP) is 2.29. The van der Waals surface area contributed by atoms with Crippen LogP contribution >= 0.6 is 11.6 Å². The van der Waals surface area contributed by atoms with E-state index in [1.807, 2.05) is 0 Å². The van der Waals surface area contributed by atoms with Gasteiger partial charge in [-0.1, -0.05) is 11.6 Å². The van der Waals surface area contributed by atoms with Crippen LogP contribution in [-0.4, -0.2) is 6.47 Å². The van der Waals surface area contributed by atoms with Gasteiger partial charge in [-0.2, -0.15) is 0 Å². The molecular weight excluding hydrogens is 209 g/mol. The minimum absolute atomic E-state index is 0.0714. The van der Waals surface area contributed by atoms with Crippen LogP contribution in [0.25, 0.3) is 0 Å². The molecule has 1 aromatic rings. The maximum absolute atomic E-state index is 12.6. The van der Waals surface area contributed by atoms with E-state index in [1.54, 1.807) is 0 Å². The van der Waals surface area contributed by atoms with Crippen LogP contribution < -0.4 is 4.74 Å². The van der Waals surface area contributed by atoms with E-state index in [2.05, 4.69) is 4.74 Å². The highest BCUT2D eigenvalue weighted by molar-refractivity contribution is 6.32. The van der Waals surface area contributed by atoms with Gasteiger partial charge in [0.05, 0.1) is 0 Å². The molecule has 0 heterocycles. The van der Waals surface area contributed by atoms with Gasteiger partial charge in [0.1, 0.15) is 5.02 Å². The van der Waals surface area contributed by atoms with Crippen molar-refractivity contribution >= 4 is 18.1 Å². The summed E-state index contributed by atoms with van der Waals surface area (Å²) in [5.74, 6) is -5.33. The highest BCUT2D eigenvalue weighted by Gasteiger charge is 2.17. The topological polar surface area (TPSA) is 26.3 Å². The van der Waals surface area contributed by atoms with E-state index >= 15 is 0 Å². The fraction of sp³-hybridized carbons (Fsp3) is 0. The van der Waals surface area contributed by atoms with E-state index in [1.165, 1.54) is 0 Å². The second-order valence-corrected chi connectivity index (χ2v) is 2.39. The minimum atomic E-state index is -1.71. The summed E-state index contributed by atoms with van der Waals surface area (Å²) in [4.78, 5) is 9.81. The van der Waals surface area contributed by atoms with E-state index in [0.29, 0.717) is 6.07 Å². The zero-order valence-electron chi connectivity index (χ0n) is 5.98. The van der Waals surface area contributed by atoms with E-state index < -0.39 is 28.2 Å². The number of carbonyl (C=O) groups excluding carboxylic acids is 1. The van der Waals surface area contributed by atoms with Crippen molar-refractivity contribution in [1.29, 1.82) is 0 Å². The molecule has 0 bridgehead atoms. The van der Waals surface area contributed by atoms with Crippen molar-refractivity contribution in [2.75, 3.05) is 0 Å². The molecular formula is C7H2ClF3O2. The Balaban J connectivity index is 3.31. The Bertz CT molecular complexity index is 354. The lowest BCUT2D eigenvalue weighted by molar-refractivity contribution is -0.120. The molecule has 6 heteroatoms. The van der Waals surface area contributed by atoms with Gasteiger partial charge in [-0.05, 0) is 0 Å². The summed E-state index contributed by atoms with van der Waals surface area (Å²) in [5, 5.41) is -0.772. The molecule has 0 fully saturated rings. The van der Waals surface area contributed by atoms with Crippen LogP contribution in [0.1, 0.15) is 0 Å². The van der Waals surface area contributed by atoms with Crippen LogP contribution in [0, 0.1) is 17.5 Å². The Morgan fingerprint density at radius 2 is 1.92 bits per heavy atom. The van der Waals surface area contributed by atoms with Crippen molar-refractivity contribution in [2.45, 2.75) is 0 Å². The second-order valence-electron chi connectivity index (χ2n) is 2.01. The number of hydrogen-bond donors (Lipinski definition) is 0. The first-order valence-corrected chi connectivity index (χ1v) is 3.39. The zero-order valence-corrected chi connectivity index (χ0v) is 6.74. The summed E-state index contributed by atoms with van der Waals surface area (Å²) in [5.41, 5.74) is 0. The number of benzene rings is 1. The molecule has 1 rings (SSSR count). The monoisotopic (exact) mass is 210 g/mol. The average molecular weight is 211 g/mol. The SMILES string of the molecule is O=COc1cc(F)c(F)c(F)c1Cl. The lowest BCUT2D eigenvalue weighted by Gasteiger charge is -2.03. The summed E-state index contributed by atoms with van der Waals surface area (Å²) in [6.07, 6.45) is 0. The summed E-state index contributed by atoms with van der Waals surface area (Å²) < 4.78 is 41.6. The molecule has 0 unspecified atom stereocenters. The van der Waals surface area contributed by atoms with E-state index in [9.17, 15) is 18.0 Å². The zero-order chi connectivity index (χ0) is 10.0. The van der Waals surface area contributed by atoms with Crippen molar-refractivity contribution in [3.05, 3.63) is 28.5 Å². The maximum Gasteiger partial charge on any atom is 0.298 e. The van der Waals surface area contributed by atoms with Gasteiger partial charge in [0, 0.05) is 6.07 Å². The van der Waals surface area contributed by atoms with Gasteiger partial charge in [-0.25, -0.2) is 13.2 Å². The van der Waals surface area contributed by atoms with Gasteiger partial charge in [0.25, 0.3) is 6.47 Å². The average Bonchev–Trinajstić information content (AvgIpc) is 2.11. The van der Waals surface area contributed by atoms with Gasteiger partial charge in [0.15, 0.2) is 23.2 Å². The minimum Gasteiger partial charge on any atom is -0.427 e. The third-order valence-electron chi connectivity index (χ3n) is 1.24. The van der Waals surface area contributed by atoms with Crippen molar-refractivity contribution in [1.82, 2.24) is 0 Å². The number of rotatable bonds is 2. The molecule has 0 aliphatic rings. The summed E-state index contributed by atoms with van der Waals surface area (Å²) in [6, 6.07) is 0.481. The fourth-order valence-electron chi connectivity index (χ4n) is 0.689. The van der Waals surface area contributed by atoms with E-state index in [4.69, 9.17) is 11.6 Å². The molecule has 70 valence electrons. The summed E-state index contributed by atoms with van der Waals surface area (Å²) in [6.45, 7) is -0.0714. The maximum atomic E-state index is 12.6. The van der Waals surface area contributed by atoms with Gasteiger partial charge < -0.3 is 4.74 Å². The van der Waals surface area contributed by atoms with Crippen LogP contribution in [0.15, 0.2) is 6.07 Å². The quantitative estimate of drug-likeness (QED) is 0.425. The lowest BCUT2D eigenvalue weighted by Crippen LogP contribution is -1.97. The number of ether oxygens (including phenoxy) is 1. The smallest absolute Gasteiger partial charge is 0.298 e. The van der Waals surface area contributed by atoms with Crippen LogP contribution in [0.5, 0.6) is 5.75 Å². The van der Waals surface area contributed by atoms with Gasteiger partial charge in [0.2, 0.25) is 0 Å². The van der Waals surface area contributed by atoms with Crippen LogP contribution in [-0.2, 0) is 4.79 Å². The Morgan fingerprint density at radius 1 is 1.31 bits per heavy atom. The molecule has 0 atom stereocenters. The van der Waals surface area contributed by atoms with Crippen molar-refractivity contribution in [2.24, 2.45) is 0 Å². The summed E-state index contributed by atoms with van der Waals surface area (Å²) >= 11 is 5.18. The molecule has 0 saturated heterocycles. The molecule has 0 aromatic heterocycles. The molecule has 0 amide bonds. The van der Waals surface area contributed by atoms with E-state index in [-0.39, 0.29) is 6.47 Å². The molecule has 0 aliphatic carbocycles. The Hall–Kier alpha value is -1.23. The Kier molecular flexibility index (Phi) is 2.77. The molecule has 13 heavy (non-hydrogen) atoms. The van der Waals surface area contributed by atoms with Crippen LogP contribution in [0.3, 0.4) is 0 Å². The Labute approximate surface area is 75.9 Å². The Morgan fingerprint density at radius 3 is 2.46 bits per heavy atom. The predicted molar refractivity (Wildman–Crippen MR) is 38.0 cm³/mol. The van der Waals surface area contributed by atoms with Crippen molar-refractivity contribution in [3.63, 3.8) is 0 Å². The van der Waals surface area contributed by atoms with Gasteiger partial charge in [-0.3, -0.25) is 4.79 Å². The first kappa shape index (κ1) is 9.85. The number of carbonyl (C=O) groups is 1. The first-order valence-electron chi connectivity index (χ1n) is 3.01. The molecule has 1 aromatic carbocycles. The van der Waals surface area contributed by atoms with Crippen molar-refractivity contribution < 1.29 is 22.7 Å². The molecule has 0 radical (unpaired) electrons. The van der Waals surface area contributed by atoms with Crippen LogP contribution in [0.2, 0.25) is 5.02 Å². The molecule has 0 spiro atoms. The number of halogens is 4. The lowest BCUT2D eigenvalue weighted by atomic mass is 10.3. The number of hydrogen-bond acceptors (Lipinski definition) is 2. The first-order chi connectivity index (χ1) is 6.07. The summed E-state index contributed by atoms with van der Waals surface area (Å²) in [7, 11) is 0. The molecule has 0 N–H and O–H groups in total. The molecule has 2 nitrogen and oxygen atoms in total. The molecule has 0 saturated carbocycles. The standard InChI is InChI=1S/C7H2ClF3O2/c8-5-4(13-2-12)1-3(9)6(10)7(5)11/h1-2H. The third-order valence-corrected chi connectivity index (χ3v) is 1.60. The second kappa shape index (κ2) is 3.66. The molecule has 0 aliphatic heterocycles. The van der Waals surface area contributed by atoms with Gasteiger partial charge >= 0.3 is 0 Å². The van der Waals surface area contributed by atoms with E-state index in [0.717, 1.165) is 0 Å². The highest BCUT2D eigenvalue weighted by Crippen LogP contribution is 2.30. The normalized spacial score (nSPS) is 9.85. The third kappa shape index (κ3) is 1.75. The van der Waals surface area contributed by atoms with Crippen LogP contribution in [0.4, 0.5) is 13.2 Å². The fourth-order valence-corrected chi connectivity index (χ4v) is 0.871.